The topological polar surface area (TPSA) is 307 Å². The summed E-state index contributed by atoms with van der Waals surface area (Å²) in [6, 6.07) is -0.975. The fourth-order valence-corrected chi connectivity index (χ4v) is 14.6. The van der Waals surface area contributed by atoms with Crippen molar-refractivity contribution < 1.29 is 89.4 Å². The minimum atomic E-state index is -1.98. The van der Waals surface area contributed by atoms with Gasteiger partial charge < -0.3 is 89.9 Å². The van der Waals surface area contributed by atoms with Crippen LogP contribution in [0.2, 0.25) is 0 Å². The van der Waals surface area contributed by atoms with E-state index < -0.39 is 124 Å². The number of rotatable bonds is 70. The Bertz CT molecular complexity index is 2210. The number of carbonyl (C=O) groups excluding carboxylic acids is 1. The van der Waals surface area contributed by atoms with Crippen LogP contribution in [0.15, 0.2) is 72.9 Å². The average molecular weight is 1520 g/mol. The number of carbonyl (C=O) groups is 1. The lowest BCUT2D eigenvalue weighted by Crippen LogP contribution is -2.66. The zero-order chi connectivity index (χ0) is 77.4. The molecule has 17 atom stereocenters. The van der Waals surface area contributed by atoms with Crippen molar-refractivity contribution in [3.05, 3.63) is 72.9 Å². The lowest BCUT2D eigenvalue weighted by Gasteiger charge is -2.48. The molecule has 19 heteroatoms. The molecule has 0 spiro atoms. The molecular weight excluding hydrogens is 1360 g/mol. The summed E-state index contributed by atoms with van der Waals surface area (Å²) < 4.78 is 34.5. The lowest BCUT2D eigenvalue weighted by atomic mass is 9.96. The van der Waals surface area contributed by atoms with Gasteiger partial charge >= 0.3 is 0 Å². The molecule has 1 amide bonds. The molecule has 0 saturated carbocycles. The predicted molar refractivity (Wildman–Crippen MR) is 429 cm³/mol. The van der Waals surface area contributed by atoms with Crippen LogP contribution < -0.4 is 5.32 Å². The Balaban J connectivity index is 1.31. The van der Waals surface area contributed by atoms with Crippen molar-refractivity contribution in [3.8, 4) is 0 Å². The van der Waals surface area contributed by atoms with E-state index >= 15 is 0 Å². The van der Waals surface area contributed by atoms with Crippen LogP contribution in [-0.4, -0.2) is 193 Å². The van der Waals surface area contributed by atoms with Gasteiger partial charge in [-0.25, -0.2) is 0 Å². The van der Waals surface area contributed by atoms with Gasteiger partial charge in [0.25, 0.3) is 0 Å². The molecule has 3 saturated heterocycles. The summed E-state index contributed by atoms with van der Waals surface area (Å²) in [4.78, 5) is 13.5. The third-order valence-corrected chi connectivity index (χ3v) is 21.5. The van der Waals surface area contributed by atoms with E-state index in [1.165, 1.54) is 244 Å². The first-order valence-corrected chi connectivity index (χ1v) is 43.7. The van der Waals surface area contributed by atoms with Crippen molar-refractivity contribution in [1.29, 1.82) is 0 Å². The maximum atomic E-state index is 13.5. The zero-order valence-electron chi connectivity index (χ0n) is 67.1. The maximum absolute atomic E-state index is 13.5. The fraction of sp³-hybridized carbons (Fsp3) is 0.852. The molecule has 0 aromatic rings. The van der Waals surface area contributed by atoms with Gasteiger partial charge in [0.05, 0.1) is 38.6 Å². The number of hydrogen-bond donors (Lipinski definition) is 12. The molecule has 3 aliphatic heterocycles. The second-order valence-electron chi connectivity index (χ2n) is 31.0. The highest BCUT2D eigenvalue weighted by atomic mass is 16.8. The SMILES string of the molecule is CC/C=C\C/C=C\C/C=C\C/C=C\C/C=C\CCCCCCCCCCCCCCCCCCCCCCCCCC(=O)NC(COC1OC(CO)C(OC2OC(CO)C(OC3OC(CO)C(O)C(O)C3O)C(O)C2O)C(O)C1O)C(O)/C=C/CCCCCCCCCCCCCCCCCCCCCCC. The number of unbranched alkanes of at least 4 members (excludes halogenated alkanes) is 44. The van der Waals surface area contributed by atoms with Gasteiger partial charge in [-0.05, 0) is 64.2 Å². The highest BCUT2D eigenvalue weighted by Gasteiger charge is 2.54. The Morgan fingerprint density at radius 1 is 0.346 bits per heavy atom. The third kappa shape index (κ3) is 46.9. The second-order valence-corrected chi connectivity index (χ2v) is 31.0. The van der Waals surface area contributed by atoms with E-state index in [1.807, 2.05) is 6.08 Å². The van der Waals surface area contributed by atoms with Crippen LogP contribution in [0, 0.1) is 0 Å². The molecule has 12 N–H and O–H groups in total. The van der Waals surface area contributed by atoms with Gasteiger partial charge in [-0.2, -0.15) is 0 Å². The van der Waals surface area contributed by atoms with Crippen LogP contribution in [0.3, 0.4) is 0 Å². The number of allylic oxidation sites excluding steroid dienone is 11. The van der Waals surface area contributed by atoms with Gasteiger partial charge in [0.1, 0.15) is 73.2 Å². The van der Waals surface area contributed by atoms with E-state index in [0.717, 1.165) is 77.0 Å². The van der Waals surface area contributed by atoms with E-state index in [2.05, 4.69) is 79.9 Å². The van der Waals surface area contributed by atoms with Gasteiger partial charge in [-0.3, -0.25) is 4.79 Å². The molecule has 17 unspecified atom stereocenters. The minimum absolute atomic E-state index is 0.245. The van der Waals surface area contributed by atoms with Crippen LogP contribution in [0.4, 0.5) is 0 Å². The van der Waals surface area contributed by atoms with E-state index in [-0.39, 0.29) is 18.9 Å². The third-order valence-electron chi connectivity index (χ3n) is 21.5. The summed E-state index contributed by atoms with van der Waals surface area (Å²) in [7, 11) is 0. The van der Waals surface area contributed by atoms with E-state index in [4.69, 9.17) is 28.4 Å². The summed E-state index contributed by atoms with van der Waals surface area (Å²) in [6.07, 6.45) is 63.3. The van der Waals surface area contributed by atoms with Gasteiger partial charge in [0, 0.05) is 6.42 Å². The van der Waals surface area contributed by atoms with Crippen LogP contribution in [0.25, 0.3) is 0 Å². The molecule has 0 bridgehead atoms. The first-order valence-electron chi connectivity index (χ1n) is 43.7. The van der Waals surface area contributed by atoms with Crippen molar-refractivity contribution in [2.75, 3.05) is 26.4 Å². The first-order chi connectivity index (χ1) is 52.3. The number of ether oxygens (including phenoxy) is 6. The van der Waals surface area contributed by atoms with Gasteiger partial charge in [-0.15, -0.1) is 0 Å². The molecule has 107 heavy (non-hydrogen) atoms. The normalized spacial score (nSPS) is 25.9. The smallest absolute Gasteiger partial charge is 0.220 e. The molecule has 624 valence electrons. The number of aliphatic hydroxyl groups excluding tert-OH is 11. The van der Waals surface area contributed by atoms with Crippen molar-refractivity contribution in [1.82, 2.24) is 5.32 Å². The van der Waals surface area contributed by atoms with Crippen molar-refractivity contribution in [3.63, 3.8) is 0 Å². The molecule has 0 aromatic heterocycles. The minimum Gasteiger partial charge on any atom is -0.394 e. The van der Waals surface area contributed by atoms with Gasteiger partial charge in [0.15, 0.2) is 18.9 Å². The van der Waals surface area contributed by atoms with Crippen LogP contribution in [0.1, 0.15) is 348 Å². The fourth-order valence-electron chi connectivity index (χ4n) is 14.6. The van der Waals surface area contributed by atoms with E-state index in [1.54, 1.807) is 6.08 Å². The summed E-state index contributed by atoms with van der Waals surface area (Å²) in [5.41, 5.74) is 0. The molecule has 0 radical (unpaired) electrons. The number of amides is 1. The van der Waals surface area contributed by atoms with Crippen LogP contribution in [0.5, 0.6) is 0 Å². The Morgan fingerprint density at radius 2 is 0.645 bits per heavy atom. The first kappa shape index (κ1) is 98.4. The highest BCUT2D eigenvalue weighted by Crippen LogP contribution is 2.33. The molecule has 3 fully saturated rings. The molecule has 19 nitrogen and oxygen atoms in total. The summed E-state index contributed by atoms with van der Waals surface area (Å²) >= 11 is 0. The highest BCUT2D eigenvalue weighted by molar-refractivity contribution is 5.76. The van der Waals surface area contributed by atoms with Crippen LogP contribution >= 0.6 is 0 Å². The van der Waals surface area contributed by atoms with Crippen molar-refractivity contribution >= 4 is 5.91 Å². The quantitative estimate of drug-likeness (QED) is 0.0199. The summed E-state index contributed by atoms with van der Waals surface area (Å²) in [5, 5.41) is 121. The van der Waals surface area contributed by atoms with Crippen molar-refractivity contribution in [2.45, 2.75) is 452 Å². The lowest BCUT2D eigenvalue weighted by molar-refractivity contribution is -0.379. The number of nitrogens with one attached hydrogen (secondary N) is 1. The number of aliphatic hydroxyl groups is 11. The van der Waals surface area contributed by atoms with E-state index in [9.17, 15) is 61.0 Å². The van der Waals surface area contributed by atoms with Gasteiger partial charge in [-0.1, -0.05) is 350 Å². The molecule has 0 aromatic carbocycles. The Morgan fingerprint density at radius 3 is 1.01 bits per heavy atom. The summed E-state index contributed by atoms with van der Waals surface area (Å²) in [5.74, 6) is -0.269. The van der Waals surface area contributed by atoms with E-state index in [0.29, 0.717) is 6.42 Å². The average Bonchev–Trinajstić information content (AvgIpc) is 0.781. The summed E-state index contributed by atoms with van der Waals surface area (Å²) in [6.45, 7) is 1.67. The molecular formula is C88H159NO18. The second kappa shape index (κ2) is 67.7. The standard InChI is InChI=1S/C88H159NO18/c1-3-5-7-9-11-13-15-17-19-21-23-25-27-28-29-30-31-32-33-34-35-36-37-38-39-40-41-42-44-46-48-50-52-54-56-58-60-62-64-66-76(94)89-71(72(93)65-63-61-59-57-55-53-51-49-47-45-43-26-24-22-20-18-16-14-12-10-8-6-4-2)70-102-86-82(100)79(97)84(74(68-91)104-86)107-88-83(101)80(98)85(75(69-92)105-88)106-87-81(99)78(96)77(95)73(67-90)103-87/h5,7,11,13,17,19,23,25,28-29,63,65,71-75,77-88,90-93,95-101H,3-4,6,8-10,12,14-16,18,20-22,24,26-27,30-62,64,66-70H2,1-2H3,(H,89,94)/b7-5-,13-11-,19-17-,25-23-,29-28-,65-63+. The predicted octanol–water partition coefficient (Wildman–Crippen LogP) is 16.0. The monoisotopic (exact) mass is 1520 g/mol. The van der Waals surface area contributed by atoms with Crippen molar-refractivity contribution in [2.24, 2.45) is 0 Å². The molecule has 3 aliphatic rings. The van der Waals surface area contributed by atoms with Crippen LogP contribution in [-0.2, 0) is 33.2 Å². The Kier molecular flexibility index (Phi) is 62.3. The Hall–Kier alpha value is -2.77. The van der Waals surface area contributed by atoms with Gasteiger partial charge in [0.2, 0.25) is 5.91 Å². The molecule has 3 rings (SSSR count). The maximum Gasteiger partial charge on any atom is 0.220 e. The zero-order valence-corrected chi connectivity index (χ0v) is 67.1. The number of hydrogen-bond acceptors (Lipinski definition) is 18. The molecule has 0 aliphatic carbocycles. The molecule has 3 heterocycles. The largest absolute Gasteiger partial charge is 0.394 e. The Labute approximate surface area is 648 Å².